The summed E-state index contributed by atoms with van der Waals surface area (Å²) in [6, 6.07) is 55.7. The lowest BCUT2D eigenvalue weighted by atomic mass is 9.79. The molecule has 11 aromatic rings. The summed E-state index contributed by atoms with van der Waals surface area (Å²) in [5.41, 5.74) is 17.2. The number of pyridine rings is 1. The molecule has 0 radical (unpaired) electrons. The van der Waals surface area contributed by atoms with Gasteiger partial charge in [-0.25, -0.2) is 15.0 Å². The predicted molar refractivity (Wildman–Crippen MR) is 308 cm³/mol. The van der Waals surface area contributed by atoms with Gasteiger partial charge in [0.05, 0.1) is 39.6 Å². The van der Waals surface area contributed by atoms with Crippen molar-refractivity contribution < 1.29 is 0 Å². The van der Waals surface area contributed by atoms with Gasteiger partial charge in [-0.1, -0.05) is 161 Å². The van der Waals surface area contributed by atoms with Gasteiger partial charge in [0, 0.05) is 55.6 Å². The zero-order chi connectivity index (χ0) is 51.4. The summed E-state index contributed by atoms with van der Waals surface area (Å²) in [6.45, 7) is 29.5. The molecule has 11 rings (SSSR count). The minimum Gasteiger partial charge on any atom is -0.309 e. The highest BCUT2D eigenvalue weighted by Crippen LogP contribution is 2.43. The fraction of sp³-hybridized carbons (Fsp3) is 0.254. The second-order valence-electron chi connectivity index (χ2n) is 24.3. The predicted octanol–water partition coefficient (Wildman–Crippen LogP) is 17.6. The highest BCUT2D eigenvalue weighted by atomic mass is 15.0. The van der Waals surface area contributed by atoms with Gasteiger partial charge in [-0.15, -0.1) is 0 Å². The first-order chi connectivity index (χ1) is 34.6. The van der Waals surface area contributed by atoms with Crippen LogP contribution in [-0.2, 0) is 21.7 Å². The molecule has 73 heavy (non-hydrogen) atoms. The van der Waals surface area contributed by atoms with E-state index in [1.807, 2.05) is 12.4 Å². The van der Waals surface area contributed by atoms with Gasteiger partial charge in [-0.05, 0) is 130 Å². The van der Waals surface area contributed by atoms with E-state index in [4.69, 9.17) is 19.9 Å². The second-order valence-corrected chi connectivity index (χ2v) is 24.3. The number of benzene rings is 7. The zero-order valence-electron chi connectivity index (χ0n) is 44.8. The molecule has 4 heterocycles. The van der Waals surface area contributed by atoms with Crippen molar-refractivity contribution in [2.45, 2.75) is 112 Å². The first kappa shape index (κ1) is 47.6. The maximum absolute atomic E-state index is 5.53. The van der Waals surface area contributed by atoms with Gasteiger partial charge in [-0.2, -0.15) is 0 Å². The maximum atomic E-state index is 5.53. The fourth-order valence-electron chi connectivity index (χ4n) is 10.4. The van der Waals surface area contributed by atoms with Crippen LogP contribution in [0.25, 0.3) is 100 Å². The van der Waals surface area contributed by atoms with Crippen LogP contribution in [0.15, 0.2) is 164 Å². The first-order valence-corrected chi connectivity index (χ1v) is 25.8. The number of aryl methyl sites for hydroxylation is 1. The van der Waals surface area contributed by atoms with Crippen LogP contribution < -0.4 is 0 Å². The summed E-state index contributed by atoms with van der Waals surface area (Å²) in [4.78, 5) is 21.4. The third-order valence-corrected chi connectivity index (χ3v) is 14.7. The normalized spacial score (nSPS) is 12.7. The smallest absolute Gasteiger partial charge is 0.164 e. The topological polar surface area (TPSA) is 61.4 Å². The Hall–Kier alpha value is -7.70. The summed E-state index contributed by atoms with van der Waals surface area (Å²) < 4.78 is 4.81. The van der Waals surface area contributed by atoms with Crippen LogP contribution in [0.1, 0.15) is 111 Å². The van der Waals surface area contributed by atoms with Gasteiger partial charge in [0.25, 0.3) is 0 Å². The van der Waals surface area contributed by atoms with Gasteiger partial charge < -0.3 is 9.13 Å². The monoisotopic (exact) mass is 955 g/mol. The average Bonchev–Trinajstić information content (AvgIpc) is 3.87. The van der Waals surface area contributed by atoms with Crippen molar-refractivity contribution in [1.29, 1.82) is 0 Å². The van der Waals surface area contributed by atoms with Crippen molar-refractivity contribution in [3.05, 3.63) is 192 Å². The number of hydrogen-bond donors (Lipinski definition) is 0. The van der Waals surface area contributed by atoms with Crippen LogP contribution in [0.3, 0.4) is 0 Å². The highest BCUT2D eigenvalue weighted by Gasteiger charge is 2.27. The van der Waals surface area contributed by atoms with Crippen LogP contribution in [0, 0.1) is 6.92 Å². The van der Waals surface area contributed by atoms with Crippen LogP contribution in [0.5, 0.6) is 0 Å². The molecule has 6 nitrogen and oxygen atoms in total. The molecule has 0 atom stereocenters. The summed E-state index contributed by atoms with van der Waals surface area (Å²) in [5.74, 6) is 1.90. The molecule has 0 bridgehead atoms. The van der Waals surface area contributed by atoms with E-state index in [0.29, 0.717) is 17.5 Å². The largest absolute Gasteiger partial charge is 0.309 e. The lowest BCUT2D eigenvalue weighted by Crippen LogP contribution is -2.17. The molecule has 364 valence electrons. The van der Waals surface area contributed by atoms with Gasteiger partial charge in [-0.3, -0.25) is 4.98 Å². The zero-order valence-corrected chi connectivity index (χ0v) is 44.8. The van der Waals surface area contributed by atoms with Gasteiger partial charge in [0.15, 0.2) is 17.5 Å². The summed E-state index contributed by atoms with van der Waals surface area (Å²) in [5, 5.41) is 4.81. The van der Waals surface area contributed by atoms with E-state index in [0.717, 1.165) is 61.3 Å². The second kappa shape index (κ2) is 17.2. The van der Waals surface area contributed by atoms with E-state index in [2.05, 4.69) is 251 Å². The lowest BCUT2D eigenvalue weighted by Gasteiger charge is -2.26. The van der Waals surface area contributed by atoms with E-state index in [1.165, 1.54) is 49.4 Å². The molecule has 0 spiro atoms. The third-order valence-electron chi connectivity index (χ3n) is 14.7. The molecular weight excluding hydrogens is 889 g/mol. The summed E-state index contributed by atoms with van der Waals surface area (Å²) >= 11 is 0. The SMILES string of the molecule is Cc1ccc2c(c1)c1ccccc1n2-c1ccc(-c2nc(-c3cc(C(C)(C)C)cc(C(C)(C)C)c3)nc(-c3cc(C(C)(C)C)cc(C(C)(C)C)c3)n2)cc1-c1ccncc1-n1c2ccccc2c2ccccc21. The van der Waals surface area contributed by atoms with Crippen LogP contribution >= 0.6 is 0 Å². The minimum atomic E-state index is -0.105. The fourth-order valence-corrected chi connectivity index (χ4v) is 10.4. The van der Waals surface area contributed by atoms with E-state index in [-0.39, 0.29) is 21.7 Å². The lowest BCUT2D eigenvalue weighted by molar-refractivity contribution is 0.568. The van der Waals surface area contributed by atoms with Crippen molar-refractivity contribution in [2.24, 2.45) is 0 Å². The van der Waals surface area contributed by atoms with Gasteiger partial charge in [0.2, 0.25) is 0 Å². The molecular formula is C67H66N6. The van der Waals surface area contributed by atoms with Crippen molar-refractivity contribution in [3.8, 4) is 56.7 Å². The van der Waals surface area contributed by atoms with Gasteiger partial charge >= 0.3 is 0 Å². The molecule has 0 unspecified atom stereocenters. The molecule has 0 aliphatic heterocycles. The van der Waals surface area contributed by atoms with E-state index in [9.17, 15) is 0 Å². The molecule has 0 aliphatic rings. The first-order valence-electron chi connectivity index (χ1n) is 25.8. The molecule has 0 saturated heterocycles. The standard InChI is InChI=1S/C67H66N6/c1-41-26-28-58-53(32-41)51-22-16-19-25-57(51)72(58)59-29-27-42(37-54(59)52-30-31-68-40-60(52)73-55-23-17-14-20-49(55)50-21-15-18-24-56(50)73)61-69-62(43-33-45(64(2,3)4)38-46(34-43)65(5,6)7)71-63(70-61)44-35-47(66(8,9)10)39-48(36-44)67(11,12)13/h14-40H,1-13H3. The molecule has 7 aromatic carbocycles. The van der Waals surface area contributed by atoms with Crippen molar-refractivity contribution >= 4 is 43.6 Å². The number of hydrogen-bond acceptors (Lipinski definition) is 4. The minimum absolute atomic E-state index is 0.105. The molecule has 0 saturated carbocycles. The number of rotatable bonds is 6. The molecule has 0 fully saturated rings. The van der Waals surface area contributed by atoms with E-state index >= 15 is 0 Å². The third kappa shape index (κ3) is 8.61. The molecule has 0 amide bonds. The molecule has 6 heteroatoms. The van der Waals surface area contributed by atoms with Crippen LogP contribution in [-0.4, -0.2) is 29.1 Å². The van der Waals surface area contributed by atoms with Crippen molar-refractivity contribution in [2.75, 3.05) is 0 Å². The number of nitrogens with zero attached hydrogens (tertiary/aromatic N) is 6. The Bertz CT molecular complexity index is 3760. The Morgan fingerprint density at radius 3 is 1.22 bits per heavy atom. The summed E-state index contributed by atoms with van der Waals surface area (Å²) in [7, 11) is 0. The Labute approximate surface area is 430 Å². The Kier molecular flexibility index (Phi) is 11.2. The van der Waals surface area contributed by atoms with Crippen LogP contribution in [0.4, 0.5) is 0 Å². The van der Waals surface area contributed by atoms with E-state index in [1.54, 1.807) is 0 Å². The van der Waals surface area contributed by atoms with Crippen LogP contribution in [0.2, 0.25) is 0 Å². The molecule has 0 N–H and O–H groups in total. The quantitative estimate of drug-likeness (QED) is 0.167. The molecule has 4 aromatic heterocycles. The average molecular weight is 955 g/mol. The van der Waals surface area contributed by atoms with Crippen molar-refractivity contribution in [3.63, 3.8) is 0 Å². The van der Waals surface area contributed by atoms with Gasteiger partial charge in [0.1, 0.15) is 0 Å². The number of aromatic nitrogens is 6. The number of fused-ring (bicyclic) bond motifs is 6. The highest BCUT2D eigenvalue weighted by molar-refractivity contribution is 6.11. The van der Waals surface area contributed by atoms with Crippen molar-refractivity contribution in [1.82, 2.24) is 29.1 Å². The Morgan fingerprint density at radius 2 is 0.753 bits per heavy atom. The van der Waals surface area contributed by atoms with E-state index < -0.39 is 0 Å². The Balaban J connectivity index is 1.24. The maximum Gasteiger partial charge on any atom is 0.164 e. The molecule has 0 aliphatic carbocycles. The number of para-hydroxylation sites is 3. The Morgan fingerprint density at radius 1 is 0.342 bits per heavy atom. The summed E-state index contributed by atoms with van der Waals surface area (Å²) in [6.07, 6.45) is 3.94.